The molecule has 27 heavy (non-hydrogen) atoms. The summed E-state index contributed by atoms with van der Waals surface area (Å²) in [5.41, 5.74) is 5.74. The van der Waals surface area contributed by atoms with Gasteiger partial charge < -0.3 is 19.8 Å². The predicted molar refractivity (Wildman–Crippen MR) is 105 cm³/mol. The summed E-state index contributed by atoms with van der Waals surface area (Å²) >= 11 is 0. The summed E-state index contributed by atoms with van der Waals surface area (Å²) in [4.78, 5) is 23.0. The Morgan fingerprint density at radius 2 is 2.00 bits per heavy atom. The summed E-state index contributed by atoms with van der Waals surface area (Å²) in [6, 6.07) is 9.38. The largest absolute Gasteiger partial charge is 0.494 e. The number of carboxylic acids is 1. The van der Waals surface area contributed by atoms with Gasteiger partial charge in [0.05, 0.1) is 24.1 Å². The van der Waals surface area contributed by atoms with Crippen LogP contribution in [-0.2, 0) is 4.74 Å². The average molecular weight is 361 g/mol. The van der Waals surface area contributed by atoms with E-state index in [9.17, 15) is 9.90 Å². The number of aromatic amines is 2. The minimum Gasteiger partial charge on any atom is -0.494 e. The minimum absolute atomic E-state index is 0.212. The van der Waals surface area contributed by atoms with Gasteiger partial charge in [-0.1, -0.05) is 18.2 Å². The number of rotatable bonds is 4. The average Bonchev–Trinajstić information content (AvgIpc) is 3.29. The molecule has 3 N–H and O–H groups in total. The Hall–Kier alpha value is -3.54. The first-order valence-corrected chi connectivity index (χ1v) is 8.55. The number of hydrogen-bond acceptors (Lipinski definition) is 3. The fraction of sp³-hybridized carbons (Fsp3) is 0.143. The Morgan fingerprint density at radius 1 is 1.22 bits per heavy atom. The van der Waals surface area contributed by atoms with Crippen LogP contribution in [0.5, 0.6) is 0 Å². The van der Waals surface area contributed by atoms with E-state index in [0.29, 0.717) is 28.2 Å². The smallest absolute Gasteiger partial charge is 0.338 e. The normalized spacial score (nSPS) is 15.3. The van der Waals surface area contributed by atoms with E-state index in [2.05, 4.69) is 21.0 Å². The third kappa shape index (κ3) is 2.85. The lowest BCUT2D eigenvalue weighted by Crippen LogP contribution is -2.05. The quantitative estimate of drug-likeness (QED) is 0.651. The highest BCUT2D eigenvalue weighted by atomic mass is 16.5. The number of fused-ring (bicyclic) bond motifs is 1. The van der Waals surface area contributed by atoms with Crippen molar-refractivity contribution in [2.75, 3.05) is 7.11 Å². The number of nitrogens with one attached hydrogen (secondary N) is 2. The molecule has 0 amide bonds. The predicted octanol–water partition coefficient (Wildman–Crippen LogP) is 4.19. The van der Waals surface area contributed by atoms with Gasteiger partial charge in [0.1, 0.15) is 11.5 Å². The molecule has 0 saturated heterocycles. The molecule has 0 fully saturated rings. The maximum Gasteiger partial charge on any atom is 0.338 e. The molecule has 136 valence electrons. The van der Waals surface area contributed by atoms with E-state index in [4.69, 9.17) is 4.74 Å². The van der Waals surface area contributed by atoms with E-state index < -0.39 is 5.97 Å². The Kier molecular flexibility index (Phi) is 3.96. The fourth-order valence-corrected chi connectivity index (χ4v) is 3.40. The number of para-hydroxylation sites is 1. The number of aliphatic imine (C=N–C) groups is 1. The maximum atomic E-state index is 11.9. The third-order valence-electron chi connectivity index (χ3n) is 4.63. The van der Waals surface area contributed by atoms with Crippen molar-refractivity contribution in [1.29, 1.82) is 0 Å². The van der Waals surface area contributed by atoms with Crippen molar-refractivity contribution >= 4 is 28.7 Å². The molecule has 3 heterocycles. The first kappa shape index (κ1) is 16.9. The minimum atomic E-state index is -0.995. The molecule has 1 aliphatic rings. The van der Waals surface area contributed by atoms with Crippen LogP contribution < -0.4 is 0 Å². The van der Waals surface area contributed by atoms with Gasteiger partial charge in [-0.05, 0) is 37.6 Å². The molecule has 0 radical (unpaired) electrons. The van der Waals surface area contributed by atoms with Gasteiger partial charge >= 0.3 is 5.97 Å². The molecule has 1 aliphatic heterocycles. The number of allylic oxidation sites excluding steroid dienone is 1. The Balaban J connectivity index is 1.87. The highest BCUT2D eigenvalue weighted by molar-refractivity contribution is 6.20. The second kappa shape index (κ2) is 6.32. The molecule has 0 saturated carbocycles. The molecule has 6 heteroatoms. The van der Waals surface area contributed by atoms with Crippen molar-refractivity contribution in [3.63, 3.8) is 0 Å². The molecule has 0 aliphatic carbocycles. The van der Waals surface area contributed by atoms with Crippen LogP contribution in [0.1, 0.15) is 33.0 Å². The maximum absolute atomic E-state index is 11.9. The summed E-state index contributed by atoms with van der Waals surface area (Å²) in [6.07, 6.45) is 3.67. The van der Waals surface area contributed by atoms with E-state index in [1.807, 2.05) is 38.1 Å². The number of ether oxygens (including phenoxy) is 1. The van der Waals surface area contributed by atoms with Crippen molar-refractivity contribution in [3.8, 4) is 0 Å². The van der Waals surface area contributed by atoms with Crippen molar-refractivity contribution in [3.05, 3.63) is 76.1 Å². The number of methoxy groups -OCH3 is 1. The van der Waals surface area contributed by atoms with Gasteiger partial charge in [0, 0.05) is 28.4 Å². The molecule has 0 bridgehead atoms. The second-order valence-corrected chi connectivity index (χ2v) is 6.51. The number of aryl methyl sites for hydroxylation is 2. The van der Waals surface area contributed by atoms with E-state index in [0.717, 1.165) is 22.5 Å². The van der Waals surface area contributed by atoms with E-state index in [-0.39, 0.29) is 5.56 Å². The van der Waals surface area contributed by atoms with Gasteiger partial charge in [0.2, 0.25) is 0 Å². The molecule has 0 spiro atoms. The zero-order chi connectivity index (χ0) is 19.1. The van der Waals surface area contributed by atoms with Crippen LogP contribution in [0.2, 0.25) is 0 Å². The molecular weight excluding hydrogens is 342 g/mol. The topological polar surface area (TPSA) is 90.5 Å². The summed E-state index contributed by atoms with van der Waals surface area (Å²) in [5.74, 6) is -0.405. The lowest BCUT2D eigenvalue weighted by Gasteiger charge is -2.01. The monoisotopic (exact) mass is 361 g/mol. The molecule has 0 unspecified atom stereocenters. The highest BCUT2D eigenvalue weighted by Gasteiger charge is 2.25. The SMILES string of the molecule is COC1=CC(c2[nH]c3ccccc3c2C(=O)O)=NC1=Cc1[nH]c(C)cc1C. The molecule has 1 aromatic carbocycles. The fourth-order valence-electron chi connectivity index (χ4n) is 3.40. The molecule has 6 nitrogen and oxygen atoms in total. The van der Waals surface area contributed by atoms with Gasteiger partial charge in [0.15, 0.2) is 0 Å². The first-order chi connectivity index (χ1) is 13.0. The first-order valence-electron chi connectivity index (χ1n) is 8.55. The molecule has 4 rings (SSSR count). The van der Waals surface area contributed by atoms with Gasteiger partial charge in [-0.25, -0.2) is 9.79 Å². The van der Waals surface area contributed by atoms with Crippen molar-refractivity contribution in [2.24, 2.45) is 4.99 Å². The third-order valence-corrected chi connectivity index (χ3v) is 4.63. The number of aromatic carboxylic acids is 1. The van der Waals surface area contributed by atoms with Crippen LogP contribution in [0.3, 0.4) is 0 Å². The zero-order valence-corrected chi connectivity index (χ0v) is 15.3. The second-order valence-electron chi connectivity index (χ2n) is 6.51. The standard InChI is InChI=1S/C21H19N3O3/c1-11-8-12(2)22-15(11)9-16-18(27-3)10-17(23-16)20-19(21(25)26)13-6-4-5-7-14(13)24-20/h4-10,22,24H,1-3H3,(H,25,26). The lowest BCUT2D eigenvalue weighted by atomic mass is 10.1. The summed E-state index contributed by atoms with van der Waals surface area (Å²) in [5, 5.41) is 10.4. The van der Waals surface area contributed by atoms with Crippen LogP contribution in [0.4, 0.5) is 0 Å². The van der Waals surface area contributed by atoms with Crippen LogP contribution in [0.25, 0.3) is 17.0 Å². The Morgan fingerprint density at radius 3 is 2.67 bits per heavy atom. The summed E-state index contributed by atoms with van der Waals surface area (Å²) < 4.78 is 5.47. The molecule has 0 atom stereocenters. The van der Waals surface area contributed by atoms with Crippen molar-refractivity contribution in [1.82, 2.24) is 9.97 Å². The lowest BCUT2D eigenvalue weighted by molar-refractivity contribution is 0.0699. The number of hydrogen-bond donors (Lipinski definition) is 3. The van der Waals surface area contributed by atoms with Gasteiger partial charge in [0.25, 0.3) is 0 Å². The number of carbonyl (C=O) groups is 1. The van der Waals surface area contributed by atoms with Crippen molar-refractivity contribution in [2.45, 2.75) is 13.8 Å². The number of nitrogens with zero attached hydrogens (tertiary/aromatic N) is 1. The number of aromatic nitrogens is 2. The Bertz CT molecular complexity index is 1160. The molecule has 3 aromatic rings. The van der Waals surface area contributed by atoms with E-state index >= 15 is 0 Å². The number of carboxylic acid groups (broad SMARTS) is 1. The number of H-pyrrole nitrogens is 2. The van der Waals surface area contributed by atoms with E-state index in [1.54, 1.807) is 19.3 Å². The Labute approximate surface area is 155 Å². The van der Waals surface area contributed by atoms with Crippen LogP contribution in [-0.4, -0.2) is 33.9 Å². The van der Waals surface area contributed by atoms with Crippen LogP contribution >= 0.6 is 0 Å². The van der Waals surface area contributed by atoms with Gasteiger partial charge in [-0.3, -0.25) is 0 Å². The van der Waals surface area contributed by atoms with Crippen LogP contribution in [0.15, 0.2) is 52.9 Å². The van der Waals surface area contributed by atoms with Crippen LogP contribution in [0, 0.1) is 13.8 Å². The van der Waals surface area contributed by atoms with E-state index in [1.165, 1.54) is 0 Å². The summed E-state index contributed by atoms with van der Waals surface area (Å²) in [6.45, 7) is 4.01. The van der Waals surface area contributed by atoms with Crippen molar-refractivity contribution < 1.29 is 14.6 Å². The number of benzene rings is 1. The van der Waals surface area contributed by atoms with Gasteiger partial charge in [-0.2, -0.15) is 0 Å². The highest BCUT2D eigenvalue weighted by Crippen LogP contribution is 2.29. The zero-order valence-electron chi connectivity index (χ0n) is 15.3. The van der Waals surface area contributed by atoms with Gasteiger partial charge in [-0.15, -0.1) is 0 Å². The molecule has 2 aromatic heterocycles. The molecular formula is C21H19N3O3. The summed E-state index contributed by atoms with van der Waals surface area (Å²) in [7, 11) is 1.58.